The minimum Gasteiger partial charge on any atom is -0.480 e. The predicted molar refractivity (Wildman–Crippen MR) is 105 cm³/mol. The van der Waals surface area contributed by atoms with Gasteiger partial charge < -0.3 is 24.5 Å². The highest BCUT2D eigenvalue weighted by atomic mass is 16.5. The average molecular weight is 396 g/mol. The van der Waals surface area contributed by atoms with Crippen LogP contribution in [0.1, 0.15) is 16.8 Å². The molecular formula is C21H20N2O6. The van der Waals surface area contributed by atoms with Crippen molar-refractivity contribution < 1.29 is 28.6 Å². The molecule has 1 saturated heterocycles. The molecule has 1 fully saturated rings. The van der Waals surface area contributed by atoms with E-state index in [1.165, 1.54) is 12.0 Å². The lowest BCUT2D eigenvalue weighted by Gasteiger charge is -2.21. The van der Waals surface area contributed by atoms with Gasteiger partial charge in [0.1, 0.15) is 17.2 Å². The summed E-state index contributed by atoms with van der Waals surface area (Å²) in [6.45, 7) is -0.0989. The van der Waals surface area contributed by atoms with Crippen LogP contribution in [-0.4, -0.2) is 60.1 Å². The number of carbonyl (C=O) groups is 3. The molecule has 2 aromatic carbocycles. The lowest BCUT2D eigenvalue weighted by Crippen LogP contribution is -2.45. The van der Waals surface area contributed by atoms with Crippen molar-refractivity contribution in [3.05, 3.63) is 48.0 Å². The lowest BCUT2D eigenvalue weighted by molar-refractivity contribution is -0.147. The Balaban J connectivity index is 1.47. The lowest BCUT2D eigenvalue weighted by atomic mass is 10.1. The van der Waals surface area contributed by atoms with E-state index < -0.39 is 23.8 Å². The van der Waals surface area contributed by atoms with Crippen molar-refractivity contribution in [3.63, 3.8) is 0 Å². The van der Waals surface area contributed by atoms with Crippen molar-refractivity contribution in [2.75, 3.05) is 20.2 Å². The molecule has 1 aromatic heterocycles. The van der Waals surface area contributed by atoms with Crippen molar-refractivity contribution in [2.24, 2.45) is 0 Å². The first-order valence-corrected chi connectivity index (χ1v) is 9.22. The molecule has 3 aromatic rings. The fourth-order valence-electron chi connectivity index (χ4n) is 3.70. The summed E-state index contributed by atoms with van der Waals surface area (Å²) in [5.41, 5.74) is 1.80. The highest BCUT2D eigenvalue weighted by Crippen LogP contribution is 2.29. The quantitative estimate of drug-likeness (QED) is 0.683. The zero-order valence-corrected chi connectivity index (χ0v) is 15.8. The number of carbonyl (C=O) groups excluding carboxylic acids is 2. The largest absolute Gasteiger partial charge is 0.480 e. The third-order valence-electron chi connectivity index (χ3n) is 5.24. The molecule has 0 unspecified atom stereocenters. The van der Waals surface area contributed by atoms with Gasteiger partial charge in [-0.25, -0.2) is 4.79 Å². The van der Waals surface area contributed by atoms with E-state index in [0.717, 1.165) is 16.4 Å². The van der Waals surface area contributed by atoms with Gasteiger partial charge >= 0.3 is 5.97 Å². The van der Waals surface area contributed by atoms with Crippen molar-refractivity contribution in [1.29, 1.82) is 0 Å². The number of carboxylic acids is 1. The summed E-state index contributed by atoms with van der Waals surface area (Å²) in [6, 6.07) is 11.7. The topological polar surface area (TPSA) is 109 Å². The fraction of sp³-hybridized carbons (Fsp3) is 0.286. The zero-order chi connectivity index (χ0) is 20.5. The Morgan fingerprint density at radius 2 is 1.93 bits per heavy atom. The minimum absolute atomic E-state index is 0.190. The number of hydrogen-bond acceptors (Lipinski definition) is 5. The number of nitrogens with one attached hydrogen (secondary N) is 1. The molecule has 2 N–H and O–H groups in total. The van der Waals surface area contributed by atoms with Crippen molar-refractivity contribution >= 4 is 39.7 Å². The van der Waals surface area contributed by atoms with Crippen LogP contribution in [-0.2, 0) is 14.3 Å². The van der Waals surface area contributed by atoms with E-state index in [0.29, 0.717) is 11.1 Å². The maximum atomic E-state index is 12.5. The molecule has 1 aliphatic heterocycles. The van der Waals surface area contributed by atoms with Gasteiger partial charge in [0.25, 0.3) is 5.91 Å². The SMILES string of the molecule is CO[C@@H]1C[C@@H](C(=O)O)N(C(=O)CNC(=O)c2ccc3oc4ccccc4c3c2)C1. The first kappa shape index (κ1) is 18.9. The predicted octanol–water partition coefficient (Wildman–Crippen LogP) is 2.02. The maximum absolute atomic E-state index is 12.5. The Labute approximate surface area is 166 Å². The number of ether oxygens (including phenoxy) is 1. The van der Waals surface area contributed by atoms with Gasteiger partial charge in [0.2, 0.25) is 5.91 Å². The van der Waals surface area contributed by atoms with Gasteiger partial charge in [-0.2, -0.15) is 0 Å². The summed E-state index contributed by atoms with van der Waals surface area (Å²) in [4.78, 5) is 37.7. The van der Waals surface area contributed by atoms with Crippen LogP contribution in [0.4, 0.5) is 0 Å². The summed E-state index contributed by atoms with van der Waals surface area (Å²) in [5.74, 6) is -1.96. The van der Waals surface area contributed by atoms with Crippen molar-refractivity contribution in [3.8, 4) is 0 Å². The first-order chi connectivity index (χ1) is 14.0. The number of methoxy groups -OCH3 is 1. The molecular weight excluding hydrogens is 376 g/mol. The van der Waals surface area contributed by atoms with Crippen LogP contribution in [0.3, 0.4) is 0 Å². The van der Waals surface area contributed by atoms with Gasteiger partial charge in [-0.05, 0) is 24.3 Å². The molecule has 4 rings (SSSR count). The van der Waals surface area contributed by atoms with E-state index in [9.17, 15) is 19.5 Å². The fourth-order valence-corrected chi connectivity index (χ4v) is 3.70. The third kappa shape index (κ3) is 3.54. The number of amides is 2. The maximum Gasteiger partial charge on any atom is 0.326 e. The number of nitrogens with zero attached hydrogens (tertiary/aromatic N) is 1. The number of rotatable bonds is 5. The third-order valence-corrected chi connectivity index (χ3v) is 5.24. The second-order valence-electron chi connectivity index (χ2n) is 6.99. The smallest absolute Gasteiger partial charge is 0.326 e. The van der Waals surface area contributed by atoms with E-state index in [4.69, 9.17) is 9.15 Å². The number of para-hydroxylation sites is 1. The first-order valence-electron chi connectivity index (χ1n) is 9.22. The second kappa shape index (κ2) is 7.56. The van der Waals surface area contributed by atoms with Crippen LogP contribution < -0.4 is 5.32 Å². The number of likely N-dealkylation sites (tertiary alicyclic amines) is 1. The standard InChI is InChI=1S/C21H20N2O6/c1-28-13-9-16(21(26)27)23(11-13)19(24)10-22-20(25)12-6-7-18-15(8-12)14-4-2-3-5-17(14)29-18/h2-8,13,16H,9-11H2,1H3,(H,22,25)(H,26,27)/t13-,16+/m1/s1. The Bertz CT molecular complexity index is 1100. The number of aliphatic carboxylic acids is 1. The summed E-state index contributed by atoms with van der Waals surface area (Å²) in [7, 11) is 1.48. The molecule has 8 heteroatoms. The molecule has 0 spiro atoms. The average Bonchev–Trinajstić information content (AvgIpc) is 3.33. The molecule has 0 aliphatic carbocycles. The Morgan fingerprint density at radius 3 is 2.69 bits per heavy atom. The molecule has 1 aliphatic rings. The molecule has 0 radical (unpaired) electrons. The Hall–Kier alpha value is -3.39. The molecule has 2 atom stereocenters. The van der Waals surface area contributed by atoms with Gasteiger partial charge in [0.15, 0.2) is 0 Å². The van der Waals surface area contributed by atoms with Gasteiger partial charge in [-0.15, -0.1) is 0 Å². The van der Waals surface area contributed by atoms with E-state index in [-0.39, 0.29) is 25.6 Å². The van der Waals surface area contributed by atoms with Crippen LogP contribution in [0.2, 0.25) is 0 Å². The number of hydrogen-bond donors (Lipinski definition) is 2. The van der Waals surface area contributed by atoms with E-state index in [1.807, 2.05) is 24.3 Å². The van der Waals surface area contributed by atoms with Crippen LogP contribution in [0.5, 0.6) is 0 Å². The molecule has 2 heterocycles. The number of carboxylic acid groups (broad SMARTS) is 1. The van der Waals surface area contributed by atoms with Crippen LogP contribution in [0.15, 0.2) is 46.9 Å². The molecule has 2 amide bonds. The van der Waals surface area contributed by atoms with Gasteiger partial charge in [-0.3, -0.25) is 9.59 Å². The summed E-state index contributed by atoms with van der Waals surface area (Å²) < 4.78 is 10.9. The molecule has 29 heavy (non-hydrogen) atoms. The molecule has 0 bridgehead atoms. The number of benzene rings is 2. The number of fused-ring (bicyclic) bond motifs is 3. The van der Waals surface area contributed by atoms with E-state index in [2.05, 4.69) is 5.32 Å². The van der Waals surface area contributed by atoms with Crippen molar-refractivity contribution in [2.45, 2.75) is 18.6 Å². The molecule has 150 valence electrons. The van der Waals surface area contributed by atoms with Gasteiger partial charge in [-0.1, -0.05) is 18.2 Å². The molecule has 8 nitrogen and oxygen atoms in total. The summed E-state index contributed by atoms with van der Waals surface area (Å²) >= 11 is 0. The normalized spacial score (nSPS) is 19.0. The van der Waals surface area contributed by atoms with Crippen molar-refractivity contribution in [1.82, 2.24) is 10.2 Å². The highest BCUT2D eigenvalue weighted by Gasteiger charge is 2.39. The monoisotopic (exact) mass is 396 g/mol. The molecule has 0 saturated carbocycles. The van der Waals surface area contributed by atoms with Crippen LogP contribution in [0.25, 0.3) is 21.9 Å². The van der Waals surface area contributed by atoms with Gasteiger partial charge in [0, 0.05) is 36.4 Å². The number of furan rings is 1. The Kier molecular flexibility index (Phi) is 4.94. The van der Waals surface area contributed by atoms with Crippen LogP contribution >= 0.6 is 0 Å². The Morgan fingerprint density at radius 1 is 1.17 bits per heavy atom. The highest BCUT2D eigenvalue weighted by molar-refractivity contribution is 6.08. The second-order valence-corrected chi connectivity index (χ2v) is 6.99. The zero-order valence-electron chi connectivity index (χ0n) is 15.8. The van der Waals surface area contributed by atoms with Crippen LogP contribution in [0, 0.1) is 0 Å². The summed E-state index contributed by atoms with van der Waals surface area (Å²) in [6.07, 6.45) is -0.0945. The van der Waals surface area contributed by atoms with E-state index >= 15 is 0 Å². The van der Waals surface area contributed by atoms with Gasteiger partial charge in [0.05, 0.1) is 12.6 Å². The van der Waals surface area contributed by atoms with E-state index in [1.54, 1.807) is 18.2 Å². The minimum atomic E-state index is -1.08. The summed E-state index contributed by atoms with van der Waals surface area (Å²) in [5, 5.41) is 13.6.